The van der Waals surface area contributed by atoms with E-state index in [1.807, 2.05) is 18.2 Å². The summed E-state index contributed by atoms with van der Waals surface area (Å²) in [5.41, 5.74) is 3.26. The molecule has 1 heterocycles. The second kappa shape index (κ2) is 13.2. The summed E-state index contributed by atoms with van der Waals surface area (Å²) in [5.74, 6) is -0.248. The van der Waals surface area contributed by atoms with Crippen LogP contribution in [-0.4, -0.2) is 55.1 Å². The molecule has 3 aromatic carbocycles. The van der Waals surface area contributed by atoms with Crippen molar-refractivity contribution in [2.45, 2.75) is 6.04 Å². The van der Waals surface area contributed by atoms with Gasteiger partial charge in [0.25, 0.3) is 0 Å². The van der Waals surface area contributed by atoms with Crippen molar-refractivity contribution in [3.05, 3.63) is 108 Å². The average molecular weight is 473 g/mol. The fourth-order valence-corrected chi connectivity index (χ4v) is 4.05. The minimum atomic E-state index is -0.248. The van der Waals surface area contributed by atoms with Crippen molar-refractivity contribution in [2.75, 3.05) is 39.3 Å². The molecule has 0 amide bonds. The largest absolute Gasteiger partial charge is 0.461 e. The second-order valence-electron chi connectivity index (χ2n) is 7.60. The number of esters is 1. The smallest absolute Gasteiger partial charge is 0.338 e. The first-order chi connectivity index (χ1) is 14.8. The monoisotopic (exact) mass is 472 g/mol. The molecule has 32 heavy (non-hydrogen) atoms. The van der Waals surface area contributed by atoms with E-state index in [0.717, 1.165) is 32.7 Å². The highest BCUT2D eigenvalue weighted by Crippen LogP contribution is 2.29. The Bertz CT molecular complexity index is 879. The highest BCUT2D eigenvalue weighted by atomic mass is 35.5. The highest BCUT2D eigenvalue weighted by Gasteiger charge is 2.26. The lowest BCUT2D eigenvalue weighted by Gasteiger charge is -2.39. The van der Waals surface area contributed by atoms with Gasteiger partial charge in [0.15, 0.2) is 0 Å². The van der Waals surface area contributed by atoms with E-state index in [4.69, 9.17) is 4.74 Å². The Kier molecular flexibility index (Phi) is 10.7. The van der Waals surface area contributed by atoms with Crippen LogP contribution in [0.15, 0.2) is 91.0 Å². The van der Waals surface area contributed by atoms with Crippen molar-refractivity contribution in [3.63, 3.8) is 0 Å². The number of ether oxygens (including phenoxy) is 1. The normalized spacial score (nSPS) is 14.3. The molecule has 4 nitrogen and oxygen atoms in total. The van der Waals surface area contributed by atoms with Crippen LogP contribution in [0.25, 0.3) is 0 Å². The van der Waals surface area contributed by atoms with Crippen LogP contribution < -0.4 is 0 Å². The number of rotatable bonds is 7. The zero-order chi connectivity index (χ0) is 20.6. The fourth-order valence-electron chi connectivity index (χ4n) is 4.05. The number of hydrogen-bond acceptors (Lipinski definition) is 4. The lowest BCUT2D eigenvalue weighted by atomic mass is 9.96. The van der Waals surface area contributed by atoms with Gasteiger partial charge in [-0.15, -0.1) is 24.8 Å². The molecule has 1 aliphatic rings. The van der Waals surface area contributed by atoms with Crippen LogP contribution in [0.1, 0.15) is 27.5 Å². The minimum Gasteiger partial charge on any atom is -0.461 e. The summed E-state index contributed by atoms with van der Waals surface area (Å²) in [7, 11) is 0. The Morgan fingerprint density at radius 3 is 1.69 bits per heavy atom. The third kappa shape index (κ3) is 6.81. The van der Waals surface area contributed by atoms with Crippen LogP contribution >= 0.6 is 24.8 Å². The predicted molar refractivity (Wildman–Crippen MR) is 134 cm³/mol. The van der Waals surface area contributed by atoms with E-state index < -0.39 is 0 Å². The minimum absolute atomic E-state index is 0. The maximum absolute atomic E-state index is 12.1. The van der Waals surface area contributed by atoms with Gasteiger partial charge in [0.05, 0.1) is 11.6 Å². The topological polar surface area (TPSA) is 32.8 Å². The van der Waals surface area contributed by atoms with Crippen molar-refractivity contribution in [1.82, 2.24) is 9.80 Å². The van der Waals surface area contributed by atoms with Crippen LogP contribution in [0.5, 0.6) is 0 Å². The Balaban J connectivity index is 0.00000181. The summed E-state index contributed by atoms with van der Waals surface area (Å²) in [4.78, 5) is 17.0. The molecule has 170 valence electrons. The first-order valence-electron chi connectivity index (χ1n) is 10.6. The molecule has 0 bridgehead atoms. The maximum atomic E-state index is 12.1. The van der Waals surface area contributed by atoms with Gasteiger partial charge in [-0.25, -0.2) is 4.79 Å². The van der Waals surface area contributed by atoms with Gasteiger partial charge in [-0.3, -0.25) is 9.80 Å². The Morgan fingerprint density at radius 2 is 1.19 bits per heavy atom. The molecule has 0 aromatic heterocycles. The van der Waals surface area contributed by atoms with Crippen LogP contribution in [-0.2, 0) is 4.74 Å². The number of nitrogens with zero attached hydrogens (tertiary/aromatic N) is 2. The lowest BCUT2D eigenvalue weighted by Crippen LogP contribution is -2.48. The van der Waals surface area contributed by atoms with Gasteiger partial charge in [0, 0.05) is 32.7 Å². The number of hydrogen-bond donors (Lipinski definition) is 0. The summed E-state index contributed by atoms with van der Waals surface area (Å²) in [6, 6.07) is 30.9. The van der Waals surface area contributed by atoms with Crippen LogP contribution in [0, 0.1) is 0 Å². The Hall–Kier alpha value is -2.37. The van der Waals surface area contributed by atoms with Crippen molar-refractivity contribution in [3.8, 4) is 0 Å². The van der Waals surface area contributed by atoms with E-state index in [-0.39, 0.29) is 36.8 Å². The summed E-state index contributed by atoms with van der Waals surface area (Å²) in [6.45, 7) is 5.11. The number of piperazine rings is 1. The molecule has 0 unspecified atom stereocenters. The summed E-state index contributed by atoms with van der Waals surface area (Å²) < 4.78 is 5.45. The van der Waals surface area contributed by atoms with Crippen LogP contribution in [0.2, 0.25) is 0 Å². The SMILES string of the molecule is Cl.Cl.O=C(OCCN1CCN(C(c2ccccc2)c2ccccc2)CC1)c1ccccc1. The van der Waals surface area contributed by atoms with Gasteiger partial charge in [0.2, 0.25) is 0 Å². The summed E-state index contributed by atoms with van der Waals surface area (Å²) in [5, 5.41) is 0. The van der Waals surface area contributed by atoms with Gasteiger partial charge in [-0.05, 0) is 23.3 Å². The molecule has 0 N–H and O–H groups in total. The zero-order valence-electron chi connectivity index (χ0n) is 18.0. The second-order valence-corrected chi connectivity index (χ2v) is 7.60. The first-order valence-corrected chi connectivity index (χ1v) is 10.6. The molecule has 0 spiro atoms. The predicted octanol–water partition coefficient (Wildman–Crippen LogP) is 5.09. The summed E-state index contributed by atoms with van der Waals surface area (Å²) in [6.07, 6.45) is 0. The maximum Gasteiger partial charge on any atom is 0.338 e. The van der Waals surface area contributed by atoms with Crippen LogP contribution in [0.4, 0.5) is 0 Å². The number of carbonyl (C=O) groups is 1. The highest BCUT2D eigenvalue weighted by molar-refractivity contribution is 5.89. The standard InChI is InChI=1S/C26H28N2O2.2ClH/c29-26(24-14-8-3-9-15-24)30-21-20-27-16-18-28(19-17-27)25(22-10-4-1-5-11-22)23-12-6-2-7-13-23;;/h1-15,25H,16-21H2;2*1H. The quantitative estimate of drug-likeness (QED) is 0.448. The van der Waals surface area contributed by atoms with Crippen molar-refractivity contribution in [1.29, 1.82) is 0 Å². The Labute approximate surface area is 203 Å². The molecule has 1 fully saturated rings. The van der Waals surface area contributed by atoms with Crippen molar-refractivity contribution >= 4 is 30.8 Å². The van der Waals surface area contributed by atoms with Gasteiger partial charge < -0.3 is 4.74 Å². The fraction of sp³-hybridized carbons (Fsp3) is 0.269. The van der Waals surface area contributed by atoms with E-state index in [2.05, 4.69) is 70.5 Å². The average Bonchev–Trinajstić information content (AvgIpc) is 2.82. The zero-order valence-corrected chi connectivity index (χ0v) is 19.6. The number of carbonyl (C=O) groups excluding carboxylic acids is 1. The molecule has 0 radical (unpaired) electrons. The molecular weight excluding hydrogens is 443 g/mol. The molecule has 0 saturated carbocycles. The van der Waals surface area contributed by atoms with Gasteiger partial charge >= 0.3 is 5.97 Å². The molecular formula is C26H30Cl2N2O2. The van der Waals surface area contributed by atoms with Gasteiger partial charge in [0.1, 0.15) is 6.61 Å². The van der Waals surface area contributed by atoms with Crippen molar-refractivity contribution < 1.29 is 9.53 Å². The van der Waals surface area contributed by atoms with Crippen molar-refractivity contribution in [2.24, 2.45) is 0 Å². The van der Waals surface area contributed by atoms with Gasteiger partial charge in [-0.2, -0.15) is 0 Å². The number of benzene rings is 3. The third-order valence-electron chi connectivity index (χ3n) is 5.65. The molecule has 4 rings (SSSR count). The van der Waals surface area contributed by atoms with E-state index >= 15 is 0 Å². The van der Waals surface area contributed by atoms with E-state index in [0.29, 0.717) is 12.2 Å². The first kappa shape index (κ1) is 25.9. The van der Waals surface area contributed by atoms with E-state index in [1.165, 1.54) is 11.1 Å². The molecule has 0 atom stereocenters. The molecule has 0 aliphatic carbocycles. The lowest BCUT2D eigenvalue weighted by molar-refractivity contribution is 0.0407. The third-order valence-corrected chi connectivity index (χ3v) is 5.65. The molecule has 1 saturated heterocycles. The van der Waals surface area contributed by atoms with E-state index in [1.54, 1.807) is 12.1 Å². The Morgan fingerprint density at radius 1 is 0.719 bits per heavy atom. The van der Waals surface area contributed by atoms with Gasteiger partial charge in [-0.1, -0.05) is 78.9 Å². The van der Waals surface area contributed by atoms with Crippen LogP contribution in [0.3, 0.4) is 0 Å². The number of halogens is 2. The van der Waals surface area contributed by atoms with E-state index in [9.17, 15) is 4.79 Å². The summed E-state index contributed by atoms with van der Waals surface area (Å²) >= 11 is 0. The molecule has 1 aliphatic heterocycles. The molecule has 6 heteroatoms. The molecule has 3 aromatic rings.